The lowest BCUT2D eigenvalue weighted by Crippen LogP contribution is -2.45. The molecule has 0 spiro atoms. The van der Waals surface area contributed by atoms with Crippen LogP contribution in [-0.4, -0.2) is 50.5 Å². The van der Waals surface area contributed by atoms with Gasteiger partial charge >= 0.3 is 0 Å². The van der Waals surface area contributed by atoms with Crippen LogP contribution in [0.2, 0.25) is 0 Å². The minimum atomic E-state index is -0.106. The van der Waals surface area contributed by atoms with Crippen molar-refractivity contribution in [3.63, 3.8) is 0 Å². The summed E-state index contributed by atoms with van der Waals surface area (Å²) in [6.45, 7) is 5.78. The van der Waals surface area contributed by atoms with Crippen LogP contribution in [0.3, 0.4) is 0 Å². The molecule has 1 aliphatic heterocycles. The van der Waals surface area contributed by atoms with Gasteiger partial charge in [-0.15, -0.1) is 0 Å². The van der Waals surface area contributed by atoms with Gasteiger partial charge in [0.1, 0.15) is 6.54 Å². The molecule has 2 aromatic heterocycles. The van der Waals surface area contributed by atoms with E-state index in [0.29, 0.717) is 19.8 Å². The second-order valence-corrected chi connectivity index (χ2v) is 5.27. The first kappa shape index (κ1) is 13.8. The Morgan fingerprint density at radius 1 is 1.52 bits per heavy atom. The highest BCUT2D eigenvalue weighted by molar-refractivity contribution is 5.76. The zero-order valence-electron chi connectivity index (χ0n) is 12.2. The summed E-state index contributed by atoms with van der Waals surface area (Å²) in [5.41, 5.74) is 2.82. The molecule has 0 unspecified atom stereocenters. The fourth-order valence-electron chi connectivity index (χ4n) is 2.67. The molecule has 0 saturated carbocycles. The highest BCUT2D eigenvalue weighted by Crippen LogP contribution is 2.22. The molecule has 0 radical (unpaired) electrons. The van der Waals surface area contributed by atoms with Crippen molar-refractivity contribution < 1.29 is 9.53 Å². The topological polar surface area (TPSA) is 76.0 Å². The third-order valence-corrected chi connectivity index (χ3v) is 3.72. The van der Waals surface area contributed by atoms with Crippen LogP contribution < -0.4 is 0 Å². The normalized spacial score (nSPS) is 19.0. The van der Waals surface area contributed by atoms with Gasteiger partial charge in [0.15, 0.2) is 0 Å². The van der Waals surface area contributed by atoms with E-state index in [1.165, 1.54) is 0 Å². The molecule has 0 aliphatic carbocycles. The van der Waals surface area contributed by atoms with Crippen molar-refractivity contribution in [3.8, 4) is 0 Å². The molecule has 1 N–H and O–H groups in total. The summed E-state index contributed by atoms with van der Waals surface area (Å²) >= 11 is 0. The lowest BCUT2D eigenvalue weighted by molar-refractivity contribution is -0.141. The van der Waals surface area contributed by atoms with Crippen LogP contribution in [-0.2, 0) is 16.1 Å². The Morgan fingerprint density at radius 2 is 2.38 bits per heavy atom. The molecule has 1 atom stereocenters. The standard InChI is InChI=1S/C14H19N5O2/c1-10-7-11(2)19(17-10)8-14(20)18-5-6-21-9-13(18)12-3-4-15-16-12/h3-4,7,13H,5-6,8-9H2,1-2H3,(H,15,16)/t13-/m0/s1. The molecule has 7 nitrogen and oxygen atoms in total. The van der Waals surface area contributed by atoms with Gasteiger partial charge in [0.25, 0.3) is 0 Å². The minimum Gasteiger partial charge on any atom is -0.377 e. The van der Waals surface area contributed by atoms with E-state index in [2.05, 4.69) is 15.3 Å². The SMILES string of the molecule is Cc1cc(C)n(CC(=O)N2CCOC[C@H]2c2ccn[nH]2)n1. The van der Waals surface area contributed by atoms with E-state index in [1.54, 1.807) is 10.9 Å². The molecule has 21 heavy (non-hydrogen) atoms. The molecule has 7 heteroatoms. The number of amides is 1. The third-order valence-electron chi connectivity index (χ3n) is 3.72. The maximum atomic E-state index is 12.6. The molecular weight excluding hydrogens is 270 g/mol. The minimum absolute atomic E-state index is 0.0455. The zero-order valence-corrected chi connectivity index (χ0v) is 12.2. The molecule has 1 amide bonds. The van der Waals surface area contributed by atoms with E-state index in [9.17, 15) is 4.79 Å². The number of nitrogens with zero attached hydrogens (tertiary/aromatic N) is 4. The summed E-state index contributed by atoms with van der Waals surface area (Å²) < 4.78 is 7.25. The van der Waals surface area contributed by atoms with E-state index >= 15 is 0 Å². The molecule has 1 aliphatic rings. The zero-order chi connectivity index (χ0) is 14.8. The number of nitrogens with one attached hydrogen (secondary N) is 1. The van der Waals surface area contributed by atoms with Crippen LogP contribution in [0.4, 0.5) is 0 Å². The number of carbonyl (C=O) groups excluding carboxylic acids is 1. The molecule has 2 aromatic rings. The Morgan fingerprint density at radius 3 is 3.05 bits per heavy atom. The van der Waals surface area contributed by atoms with Crippen molar-refractivity contribution >= 4 is 5.91 Å². The van der Waals surface area contributed by atoms with Gasteiger partial charge in [-0.05, 0) is 26.0 Å². The number of hydrogen-bond donors (Lipinski definition) is 1. The van der Waals surface area contributed by atoms with Crippen LogP contribution in [0.1, 0.15) is 23.1 Å². The Bertz CT molecular complexity index is 619. The van der Waals surface area contributed by atoms with Gasteiger partial charge in [-0.2, -0.15) is 10.2 Å². The molecular formula is C14H19N5O2. The van der Waals surface area contributed by atoms with Crippen molar-refractivity contribution in [2.45, 2.75) is 26.4 Å². The van der Waals surface area contributed by atoms with E-state index < -0.39 is 0 Å². The molecule has 112 valence electrons. The summed E-state index contributed by atoms with van der Waals surface area (Å²) in [7, 11) is 0. The highest BCUT2D eigenvalue weighted by atomic mass is 16.5. The van der Waals surface area contributed by atoms with Gasteiger partial charge in [0, 0.05) is 18.4 Å². The predicted octanol–water partition coefficient (Wildman–Crippen LogP) is 0.823. The molecule has 0 bridgehead atoms. The molecule has 1 fully saturated rings. The summed E-state index contributed by atoms with van der Waals surface area (Å²) in [4.78, 5) is 14.5. The third kappa shape index (κ3) is 2.82. The van der Waals surface area contributed by atoms with E-state index in [1.807, 2.05) is 30.9 Å². The number of morpholine rings is 1. The highest BCUT2D eigenvalue weighted by Gasteiger charge is 2.29. The second kappa shape index (κ2) is 5.69. The number of carbonyl (C=O) groups is 1. The average Bonchev–Trinajstić information content (AvgIpc) is 3.09. The Hall–Kier alpha value is -2.15. The van der Waals surface area contributed by atoms with Crippen LogP contribution in [0.5, 0.6) is 0 Å². The van der Waals surface area contributed by atoms with Crippen LogP contribution in [0.25, 0.3) is 0 Å². The fourth-order valence-corrected chi connectivity index (χ4v) is 2.67. The Kier molecular flexibility index (Phi) is 3.74. The monoisotopic (exact) mass is 289 g/mol. The van der Waals surface area contributed by atoms with Crippen LogP contribution in [0, 0.1) is 13.8 Å². The Labute approximate surface area is 122 Å². The van der Waals surface area contributed by atoms with Gasteiger partial charge in [-0.3, -0.25) is 14.6 Å². The maximum absolute atomic E-state index is 12.6. The first-order valence-electron chi connectivity index (χ1n) is 7.02. The van der Waals surface area contributed by atoms with Crippen molar-refractivity contribution in [3.05, 3.63) is 35.4 Å². The van der Waals surface area contributed by atoms with Gasteiger partial charge < -0.3 is 9.64 Å². The number of aromatic nitrogens is 4. The van der Waals surface area contributed by atoms with Gasteiger partial charge in [0.05, 0.1) is 30.6 Å². The quantitative estimate of drug-likeness (QED) is 0.907. The number of aromatic amines is 1. The van der Waals surface area contributed by atoms with Gasteiger partial charge in [-0.1, -0.05) is 0 Å². The number of H-pyrrole nitrogens is 1. The van der Waals surface area contributed by atoms with Crippen LogP contribution >= 0.6 is 0 Å². The smallest absolute Gasteiger partial charge is 0.245 e. The van der Waals surface area contributed by atoms with Crippen molar-refractivity contribution in [2.75, 3.05) is 19.8 Å². The van der Waals surface area contributed by atoms with Gasteiger partial charge in [-0.25, -0.2) is 0 Å². The van der Waals surface area contributed by atoms with E-state index in [0.717, 1.165) is 17.1 Å². The van der Waals surface area contributed by atoms with Crippen LogP contribution in [0.15, 0.2) is 18.3 Å². The van der Waals surface area contributed by atoms with Crippen molar-refractivity contribution in [1.29, 1.82) is 0 Å². The lowest BCUT2D eigenvalue weighted by atomic mass is 10.1. The summed E-state index contributed by atoms with van der Waals surface area (Å²) in [6, 6.07) is 3.74. The molecule has 3 heterocycles. The largest absolute Gasteiger partial charge is 0.377 e. The molecule has 3 rings (SSSR count). The number of hydrogen-bond acceptors (Lipinski definition) is 4. The fraction of sp³-hybridized carbons (Fsp3) is 0.500. The second-order valence-electron chi connectivity index (χ2n) is 5.27. The lowest BCUT2D eigenvalue weighted by Gasteiger charge is -2.35. The summed E-state index contributed by atoms with van der Waals surface area (Å²) in [5, 5.41) is 11.2. The summed E-state index contributed by atoms with van der Waals surface area (Å²) in [6.07, 6.45) is 1.69. The average molecular weight is 289 g/mol. The molecule has 1 saturated heterocycles. The van der Waals surface area contributed by atoms with Gasteiger partial charge in [0.2, 0.25) is 5.91 Å². The van der Waals surface area contributed by atoms with E-state index in [-0.39, 0.29) is 18.5 Å². The summed E-state index contributed by atoms with van der Waals surface area (Å²) in [5.74, 6) is 0.0455. The van der Waals surface area contributed by atoms with E-state index in [4.69, 9.17) is 4.74 Å². The number of ether oxygens (including phenoxy) is 1. The maximum Gasteiger partial charge on any atom is 0.245 e. The molecule has 0 aromatic carbocycles. The Balaban J connectivity index is 1.77. The number of rotatable bonds is 3. The first-order chi connectivity index (χ1) is 10.1. The van der Waals surface area contributed by atoms with Crippen molar-refractivity contribution in [1.82, 2.24) is 24.9 Å². The number of aryl methyl sites for hydroxylation is 2. The van der Waals surface area contributed by atoms with Crippen molar-refractivity contribution in [2.24, 2.45) is 0 Å². The predicted molar refractivity (Wildman–Crippen MR) is 75.6 cm³/mol. The first-order valence-corrected chi connectivity index (χ1v) is 7.02.